The molecule has 1 aliphatic rings. The summed E-state index contributed by atoms with van der Waals surface area (Å²) in [4.78, 5) is 23.2. The van der Waals surface area contributed by atoms with Gasteiger partial charge in [-0.1, -0.05) is 13.8 Å². The number of piperazine rings is 1. The van der Waals surface area contributed by atoms with Crippen LogP contribution in [-0.4, -0.2) is 60.0 Å². The van der Waals surface area contributed by atoms with Crippen LogP contribution >= 0.6 is 0 Å². The van der Waals surface area contributed by atoms with E-state index in [1.807, 2.05) is 20.8 Å². The summed E-state index contributed by atoms with van der Waals surface area (Å²) in [6.45, 7) is 11.6. The zero-order valence-electron chi connectivity index (χ0n) is 13.1. The second-order valence-corrected chi connectivity index (χ2v) is 5.72. The maximum absolute atomic E-state index is 12.3. The molecule has 1 aliphatic heterocycles. The minimum Gasteiger partial charge on any atom is -0.351 e. The molecule has 6 heteroatoms. The molecule has 0 bridgehead atoms. The van der Waals surface area contributed by atoms with E-state index < -0.39 is 0 Å². The molecule has 116 valence electrons. The molecule has 0 unspecified atom stereocenters. The van der Waals surface area contributed by atoms with Gasteiger partial charge in [-0.2, -0.15) is 0 Å². The van der Waals surface area contributed by atoms with Crippen molar-refractivity contribution in [3.8, 4) is 0 Å². The Balaban J connectivity index is 1.90. The van der Waals surface area contributed by atoms with Crippen LogP contribution in [-0.2, 0) is 0 Å². The van der Waals surface area contributed by atoms with E-state index in [-0.39, 0.29) is 11.8 Å². The smallest absolute Gasteiger partial charge is 0.254 e. The van der Waals surface area contributed by atoms with E-state index in [0.29, 0.717) is 17.9 Å². The molecule has 2 rings (SSSR count). The summed E-state index contributed by atoms with van der Waals surface area (Å²) in [5.74, 6) is 0.838. The molecule has 0 aromatic carbocycles. The summed E-state index contributed by atoms with van der Waals surface area (Å²) >= 11 is 0. The molecule has 2 heterocycles. The Morgan fingerprint density at radius 3 is 2.81 bits per heavy atom. The fourth-order valence-corrected chi connectivity index (χ4v) is 2.46. The van der Waals surface area contributed by atoms with Crippen molar-refractivity contribution in [2.75, 3.05) is 39.3 Å². The van der Waals surface area contributed by atoms with Crippen LogP contribution in [0.2, 0.25) is 0 Å². The number of nitrogens with zero attached hydrogens (tertiary/aromatic N) is 3. The molecule has 21 heavy (non-hydrogen) atoms. The van der Waals surface area contributed by atoms with Gasteiger partial charge in [-0.25, -0.2) is 9.97 Å². The summed E-state index contributed by atoms with van der Waals surface area (Å²) < 4.78 is 0. The topological polar surface area (TPSA) is 70.2 Å². The first-order chi connectivity index (χ1) is 10.1. The second-order valence-electron chi connectivity index (χ2n) is 5.72. The zero-order chi connectivity index (χ0) is 15.2. The highest BCUT2D eigenvalue weighted by Crippen LogP contribution is 2.16. The molecular weight excluding hydrogens is 266 g/mol. The summed E-state index contributed by atoms with van der Waals surface area (Å²) in [5.41, 5.74) is 1.41. The van der Waals surface area contributed by atoms with Crippen LogP contribution in [0.15, 0.2) is 6.20 Å². The molecule has 0 radical (unpaired) electrons. The third kappa shape index (κ3) is 4.47. The van der Waals surface area contributed by atoms with E-state index in [1.165, 1.54) is 0 Å². The molecule has 1 amide bonds. The van der Waals surface area contributed by atoms with Gasteiger partial charge in [0.2, 0.25) is 0 Å². The standard InChI is InChI=1S/C15H25N5O/c1-11(2)14-13(10-18-12(3)19-14)15(21)17-6-9-20-7-4-16-5-8-20/h10-11,16H,4-9H2,1-3H3,(H,17,21). The van der Waals surface area contributed by atoms with E-state index in [2.05, 4.69) is 25.5 Å². The van der Waals surface area contributed by atoms with E-state index in [0.717, 1.165) is 38.4 Å². The molecule has 6 nitrogen and oxygen atoms in total. The Kier molecular flexibility index (Phi) is 5.64. The van der Waals surface area contributed by atoms with Crippen molar-refractivity contribution in [1.82, 2.24) is 25.5 Å². The SMILES string of the molecule is Cc1ncc(C(=O)NCCN2CCNCC2)c(C(C)C)n1. The van der Waals surface area contributed by atoms with Gasteiger partial charge in [0.25, 0.3) is 5.91 Å². The first-order valence-electron chi connectivity index (χ1n) is 7.62. The fourth-order valence-electron chi connectivity index (χ4n) is 2.46. The van der Waals surface area contributed by atoms with Crippen LogP contribution < -0.4 is 10.6 Å². The van der Waals surface area contributed by atoms with Crippen molar-refractivity contribution in [3.05, 3.63) is 23.3 Å². The summed E-state index contributed by atoms with van der Waals surface area (Å²) in [7, 11) is 0. The van der Waals surface area contributed by atoms with Crippen LogP contribution in [0.25, 0.3) is 0 Å². The van der Waals surface area contributed by atoms with Gasteiger partial charge in [0.1, 0.15) is 5.82 Å². The quantitative estimate of drug-likeness (QED) is 0.829. The van der Waals surface area contributed by atoms with Gasteiger partial charge in [-0.15, -0.1) is 0 Å². The highest BCUT2D eigenvalue weighted by molar-refractivity contribution is 5.95. The number of carbonyl (C=O) groups is 1. The van der Waals surface area contributed by atoms with Crippen LogP contribution in [0, 0.1) is 6.92 Å². The Bertz CT molecular complexity index is 483. The van der Waals surface area contributed by atoms with Crippen molar-refractivity contribution < 1.29 is 4.79 Å². The number of amides is 1. The van der Waals surface area contributed by atoms with Gasteiger partial charge in [0.15, 0.2) is 0 Å². The lowest BCUT2D eigenvalue weighted by Gasteiger charge is -2.27. The molecule has 0 atom stereocenters. The van der Waals surface area contributed by atoms with E-state index >= 15 is 0 Å². The molecule has 0 aliphatic carbocycles. The van der Waals surface area contributed by atoms with Crippen molar-refractivity contribution in [3.63, 3.8) is 0 Å². The number of aromatic nitrogens is 2. The number of nitrogens with one attached hydrogen (secondary N) is 2. The van der Waals surface area contributed by atoms with Gasteiger partial charge < -0.3 is 10.6 Å². The van der Waals surface area contributed by atoms with Gasteiger partial charge >= 0.3 is 0 Å². The maximum atomic E-state index is 12.3. The van der Waals surface area contributed by atoms with E-state index in [9.17, 15) is 4.79 Å². The van der Waals surface area contributed by atoms with Crippen molar-refractivity contribution in [2.24, 2.45) is 0 Å². The lowest BCUT2D eigenvalue weighted by Crippen LogP contribution is -2.46. The second kappa shape index (κ2) is 7.47. The minimum absolute atomic E-state index is 0.0752. The van der Waals surface area contributed by atoms with Crippen molar-refractivity contribution in [1.29, 1.82) is 0 Å². The molecule has 1 aromatic rings. The summed E-state index contributed by atoms with van der Waals surface area (Å²) in [5, 5.41) is 6.30. The fraction of sp³-hybridized carbons (Fsp3) is 0.667. The summed E-state index contributed by atoms with van der Waals surface area (Å²) in [6, 6.07) is 0. The van der Waals surface area contributed by atoms with Crippen LogP contribution in [0.5, 0.6) is 0 Å². The lowest BCUT2D eigenvalue weighted by molar-refractivity contribution is 0.0945. The summed E-state index contributed by atoms with van der Waals surface area (Å²) in [6.07, 6.45) is 1.64. The number of rotatable bonds is 5. The van der Waals surface area contributed by atoms with Crippen LogP contribution in [0.4, 0.5) is 0 Å². The van der Waals surface area contributed by atoms with Crippen molar-refractivity contribution >= 4 is 5.91 Å². The average molecular weight is 291 g/mol. The molecule has 1 aromatic heterocycles. The molecule has 0 saturated carbocycles. The normalized spacial score (nSPS) is 16.2. The lowest BCUT2D eigenvalue weighted by atomic mass is 10.0. The van der Waals surface area contributed by atoms with Crippen LogP contribution in [0.3, 0.4) is 0 Å². The Hall–Kier alpha value is -1.53. The van der Waals surface area contributed by atoms with Crippen LogP contribution in [0.1, 0.15) is 41.6 Å². The average Bonchev–Trinajstić information content (AvgIpc) is 2.48. The third-order valence-corrected chi connectivity index (χ3v) is 3.65. The van der Waals surface area contributed by atoms with Gasteiger partial charge in [-0.05, 0) is 12.8 Å². The number of hydrogen-bond donors (Lipinski definition) is 2. The predicted molar refractivity (Wildman–Crippen MR) is 82.5 cm³/mol. The molecule has 1 fully saturated rings. The number of hydrogen-bond acceptors (Lipinski definition) is 5. The molecule has 1 saturated heterocycles. The zero-order valence-corrected chi connectivity index (χ0v) is 13.1. The maximum Gasteiger partial charge on any atom is 0.254 e. The van der Waals surface area contributed by atoms with Crippen molar-refractivity contribution in [2.45, 2.75) is 26.7 Å². The predicted octanol–water partition coefficient (Wildman–Crippen LogP) is 0.543. The molecule has 0 spiro atoms. The third-order valence-electron chi connectivity index (χ3n) is 3.65. The monoisotopic (exact) mass is 291 g/mol. The highest BCUT2D eigenvalue weighted by atomic mass is 16.1. The van der Waals surface area contributed by atoms with E-state index in [4.69, 9.17) is 0 Å². The number of carbonyl (C=O) groups excluding carboxylic acids is 1. The minimum atomic E-state index is -0.0752. The number of aryl methyl sites for hydroxylation is 1. The molecular formula is C15H25N5O. The van der Waals surface area contributed by atoms with Gasteiger partial charge in [-0.3, -0.25) is 9.69 Å². The van der Waals surface area contributed by atoms with Gasteiger partial charge in [0, 0.05) is 45.5 Å². The van der Waals surface area contributed by atoms with Gasteiger partial charge in [0.05, 0.1) is 11.3 Å². The highest BCUT2D eigenvalue weighted by Gasteiger charge is 2.16. The Morgan fingerprint density at radius 1 is 1.43 bits per heavy atom. The first-order valence-corrected chi connectivity index (χ1v) is 7.62. The largest absolute Gasteiger partial charge is 0.351 e. The first kappa shape index (κ1) is 15.9. The van der Waals surface area contributed by atoms with E-state index in [1.54, 1.807) is 6.20 Å². The Morgan fingerprint density at radius 2 is 2.14 bits per heavy atom. The molecule has 2 N–H and O–H groups in total. The Labute approximate surface area is 126 Å².